The van der Waals surface area contributed by atoms with Gasteiger partial charge in [-0.1, -0.05) is 12.1 Å². The number of thiazole rings is 1. The minimum Gasteiger partial charge on any atom is -0.376 e. The molecule has 7 heteroatoms. The second kappa shape index (κ2) is 7.57. The molecule has 1 saturated heterocycles. The van der Waals surface area contributed by atoms with Crippen molar-refractivity contribution < 1.29 is 14.3 Å². The summed E-state index contributed by atoms with van der Waals surface area (Å²) in [6.45, 7) is 3.01. The fraction of sp³-hybridized carbons (Fsp3) is 0.368. The van der Waals surface area contributed by atoms with Crippen LogP contribution in [0.2, 0.25) is 0 Å². The van der Waals surface area contributed by atoms with Crippen LogP contribution in [-0.4, -0.2) is 40.7 Å². The van der Waals surface area contributed by atoms with Crippen LogP contribution in [0.15, 0.2) is 42.0 Å². The number of carbonyl (C=O) groups is 1. The predicted molar refractivity (Wildman–Crippen MR) is 102 cm³/mol. The van der Waals surface area contributed by atoms with Crippen molar-refractivity contribution in [2.75, 3.05) is 18.5 Å². The Hall–Kier alpha value is -2.22. The van der Waals surface area contributed by atoms with Gasteiger partial charge < -0.3 is 14.8 Å². The van der Waals surface area contributed by atoms with Gasteiger partial charge in [-0.05, 0) is 31.9 Å². The smallest absolute Gasteiger partial charge is 0.253 e. The van der Waals surface area contributed by atoms with E-state index in [9.17, 15) is 4.79 Å². The lowest BCUT2D eigenvalue weighted by Gasteiger charge is -2.16. The van der Waals surface area contributed by atoms with Gasteiger partial charge in [0.05, 0.1) is 18.4 Å². The third-order valence-corrected chi connectivity index (χ3v) is 5.24. The molecule has 6 nitrogen and oxygen atoms in total. The van der Waals surface area contributed by atoms with Crippen molar-refractivity contribution in [1.82, 2.24) is 9.38 Å². The number of benzene rings is 1. The van der Waals surface area contributed by atoms with Crippen LogP contribution in [0.3, 0.4) is 0 Å². The van der Waals surface area contributed by atoms with Crippen LogP contribution in [0.1, 0.15) is 19.8 Å². The largest absolute Gasteiger partial charge is 0.376 e. The zero-order valence-electron chi connectivity index (χ0n) is 14.6. The number of amides is 1. The number of carbonyl (C=O) groups excluding carboxylic acids is 1. The van der Waals surface area contributed by atoms with Crippen LogP contribution in [-0.2, 0) is 14.3 Å². The maximum atomic E-state index is 12.3. The second-order valence-corrected chi connectivity index (χ2v) is 7.27. The third kappa shape index (κ3) is 3.80. The highest BCUT2D eigenvalue weighted by molar-refractivity contribution is 7.15. The first-order chi connectivity index (χ1) is 12.7. The van der Waals surface area contributed by atoms with Gasteiger partial charge >= 0.3 is 0 Å². The molecule has 0 aliphatic carbocycles. The lowest BCUT2D eigenvalue weighted by atomic mass is 10.1. The highest BCUT2D eigenvalue weighted by atomic mass is 32.1. The van der Waals surface area contributed by atoms with E-state index in [1.165, 1.54) is 0 Å². The zero-order valence-corrected chi connectivity index (χ0v) is 15.4. The van der Waals surface area contributed by atoms with Crippen LogP contribution in [0.4, 0.5) is 5.69 Å². The molecular weight excluding hydrogens is 350 g/mol. The molecule has 3 heterocycles. The molecule has 2 atom stereocenters. The van der Waals surface area contributed by atoms with E-state index in [2.05, 4.69) is 10.3 Å². The molecule has 26 heavy (non-hydrogen) atoms. The molecule has 1 aliphatic heterocycles. The van der Waals surface area contributed by atoms with E-state index in [1.807, 2.05) is 46.4 Å². The summed E-state index contributed by atoms with van der Waals surface area (Å²) in [5.41, 5.74) is 2.68. The van der Waals surface area contributed by atoms with Crippen molar-refractivity contribution in [3.63, 3.8) is 0 Å². The van der Waals surface area contributed by atoms with Crippen LogP contribution < -0.4 is 5.32 Å². The normalized spacial score (nSPS) is 18.3. The van der Waals surface area contributed by atoms with E-state index in [-0.39, 0.29) is 12.0 Å². The summed E-state index contributed by atoms with van der Waals surface area (Å²) in [7, 11) is 0. The first kappa shape index (κ1) is 17.2. The van der Waals surface area contributed by atoms with Gasteiger partial charge in [-0.15, -0.1) is 11.3 Å². The predicted octanol–water partition coefficient (Wildman–Crippen LogP) is 3.59. The quantitative estimate of drug-likeness (QED) is 0.719. The second-order valence-electron chi connectivity index (χ2n) is 6.40. The molecule has 4 rings (SSSR count). The number of anilines is 1. The molecule has 0 spiro atoms. The van der Waals surface area contributed by atoms with Gasteiger partial charge in [0.15, 0.2) is 4.96 Å². The molecule has 1 aliphatic rings. The van der Waals surface area contributed by atoms with Gasteiger partial charge in [0, 0.05) is 35.6 Å². The highest BCUT2D eigenvalue weighted by Crippen LogP contribution is 2.23. The standard InChI is InChI=1S/C19H21N3O3S/c1-13(25-12-16-3-2-9-24-16)18(23)20-15-6-4-14(5-7-15)17-11-22-8-10-26-19(22)21-17/h4-8,10-11,13,16H,2-3,9,12H2,1H3,(H,20,23). The molecule has 136 valence electrons. The van der Waals surface area contributed by atoms with E-state index >= 15 is 0 Å². The molecule has 2 aromatic heterocycles. The molecule has 0 saturated carbocycles. The Balaban J connectivity index is 1.34. The first-order valence-corrected chi connectivity index (χ1v) is 9.64. The molecule has 2 unspecified atom stereocenters. The summed E-state index contributed by atoms with van der Waals surface area (Å²) >= 11 is 1.60. The number of hydrogen-bond donors (Lipinski definition) is 1. The lowest BCUT2D eigenvalue weighted by molar-refractivity contribution is -0.128. The summed E-state index contributed by atoms with van der Waals surface area (Å²) < 4.78 is 13.1. The van der Waals surface area contributed by atoms with Gasteiger partial charge in [-0.3, -0.25) is 9.20 Å². The number of aromatic nitrogens is 2. The van der Waals surface area contributed by atoms with Crippen molar-refractivity contribution in [2.24, 2.45) is 0 Å². The van der Waals surface area contributed by atoms with Crippen LogP contribution in [0, 0.1) is 0 Å². The van der Waals surface area contributed by atoms with Crippen molar-refractivity contribution in [2.45, 2.75) is 32.0 Å². The summed E-state index contributed by atoms with van der Waals surface area (Å²) in [4.78, 5) is 17.8. The summed E-state index contributed by atoms with van der Waals surface area (Å²) in [6.07, 6.45) is 5.66. The molecule has 3 aromatic rings. The van der Waals surface area contributed by atoms with Crippen molar-refractivity contribution in [3.05, 3.63) is 42.0 Å². The summed E-state index contributed by atoms with van der Waals surface area (Å²) in [6, 6.07) is 7.68. The summed E-state index contributed by atoms with van der Waals surface area (Å²) in [5, 5.41) is 4.90. The molecule has 1 amide bonds. The van der Waals surface area contributed by atoms with Crippen LogP contribution in [0.25, 0.3) is 16.2 Å². The Bertz CT molecular complexity index is 852. The number of fused-ring (bicyclic) bond motifs is 1. The van der Waals surface area contributed by atoms with Gasteiger partial charge in [0.25, 0.3) is 5.91 Å². The van der Waals surface area contributed by atoms with Crippen molar-refractivity contribution >= 4 is 27.9 Å². The number of imidazole rings is 1. The number of nitrogens with zero attached hydrogens (tertiary/aromatic N) is 2. The molecule has 1 fully saturated rings. The number of ether oxygens (including phenoxy) is 2. The minimum atomic E-state index is -0.515. The maximum Gasteiger partial charge on any atom is 0.253 e. The highest BCUT2D eigenvalue weighted by Gasteiger charge is 2.20. The van der Waals surface area contributed by atoms with Gasteiger partial charge in [0.2, 0.25) is 0 Å². The Labute approximate surface area is 155 Å². The SMILES string of the molecule is CC(OCC1CCCO1)C(=O)Nc1ccc(-c2cn3ccsc3n2)cc1. The van der Waals surface area contributed by atoms with Crippen LogP contribution in [0.5, 0.6) is 0 Å². The average Bonchev–Trinajstić information content (AvgIpc) is 3.37. The van der Waals surface area contributed by atoms with Gasteiger partial charge in [-0.2, -0.15) is 0 Å². The Kier molecular flexibility index (Phi) is 5.01. The van der Waals surface area contributed by atoms with Crippen molar-refractivity contribution in [3.8, 4) is 11.3 Å². The molecule has 1 aromatic carbocycles. The Morgan fingerprint density at radius 3 is 3.04 bits per heavy atom. The third-order valence-electron chi connectivity index (χ3n) is 4.47. The van der Waals surface area contributed by atoms with E-state index in [4.69, 9.17) is 9.47 Å². The molecular formula is C19H21N3O3S. The lowest BCUT2D eigenvalue weighted by Crippen LogP contribution is -2.30. The monoisotopic (exact) mass is 371 g/mol. The Morgan fingerprint density at radius 2 is 2.31 bits per heavy atom. The minimum absolute atomic E-state index is 0.120. The van der Waals surface area contributed by atoms with Crippen molar-refractivity contribution in [1.29, 1.82) is 0 Å². The molecule has 0 radical (unpaired) electrons. The molecule has 0 bridgehead atoms. The average molecular weight is 371 g/mol. The van der Waals surface area contributed by atoms with E-state index in [0.717, 1.165) is 41.4 Å². The topological polar surface area (TPSA) is 64.9 Å². The number of nitrogens with one attached hydrogen (secondary N) is 1. The molecule has 1 N–H and O–H groups in total. The number of rotatable bonds is 6. The zero-order chi connectivity index (χ0) is 17.9. The first-order valence-electron chi connectivity index (χ1n) is 8.76. The van der Waals surface area contributed by atoms with E-state index < -0.39 is 6.10 Å². The Morgan fingerprint density at radius 1 is 1.46 bits per heavy atom. The fourth-order valence-corrected chi connectivity index (χ4v) is 3.64. The van der Waals surface area contributed by atoms with E-state index in [0.29, 0.717) is 6.61 Å². The number of hydrogen-bond acceptors (Lipinski definition) is 5. The van der Waals surface area contributed by atoms with Gasteiger partial charge in [-0.25, -0.2) is 4.98 Å². The van der Waals surface area contributed by atoms with Crippen LogP contribution >= 0.6 is 11.3 Å². The van der Waals surface area contributed by atoms with E-state index in [1.54, 1.807) is 18.3 Å². The van der Waals surface area contributed by atoms with Gasteiger partial charge in [0.1, 0.15) is 6.10 Å². The maximum absolute atomic E-state index is 12.3. The fourth-order valence-electron chi connectivity index (χ4n) is 2.94. The summed E-state index contributed by atoms with van der Waals surface area (Å²) in [5.74, 6) is -0.154.